The van der Waals surface area contributed by atoms with Gasteiger partial charge in [-0.05, 0) is 31.8 Å². The molecule has 0 spiro atoms. The van der Waals surface area contributed by atoms with Crippen LogP contribution in [0.25, 0.3) is 0 Å². The molecule has 1 aromatic rings. The summed E-state index contributed by atoms with van der Waals surface area (Å²) in [6.07, 6.45) is 4.13. The largest absolute Gasteiger partial charge is 0.330 e. The van der Waals surface area contributed by atoms with Crippen molar-refractivity contribution in [3.8, 4) is 0 Å². The number of rotatable bonds is 3. The van der Waals surface area contributed by atoms with Crippen LogP contribution in [0.15, 0.2) is 6.33 Å². The van der Waals surface area contributed by atoms with Crippen LogP contribution in [-0.4, -0.2) is 39.3 Å². The third-order valence-electron chi connectivity index (χ3n) is 3.11. The minimum Gasteiger partial charge on any atom is -0.330 e. The molecule has 5 nitrogen and oxygen atoms in total. The molecule has 2 N–H and O–H groups in total. The van der Waals surface area contributed by atoms with Gasteiger partial charge in [0.05, 0.1) is 6.54 Å². The lowest BCUT2D eigenvalue weighted by molar-refractivity contribution is 0.165. The molecule has 1 unspecified atom stereocenters. The standard InChI is InChI=1S/C10H19N5/c1-14-10(12-8-13-14)7-15-4-2-3-9(5-11)6-15/h8-9H,2-7,11H2,1H3. The second-order valence-electron chi connectivity index (χ2n) is 4.28. The molecule has 1 aliphatic rings. The molecule has 2 rings (SSSR count). The fourth-order valence-corrected chi connectivity index (χ4v) is 2.15. The maximum absolute atomic E-state index is 5.71. The maximum Gasteiger partial charge on any atom is 0.140 e. The van der Waals surface area contributed by atoms with E-state index in [0.717, 1.165) is 32.0 Å². The van der Waals surface area contributed by atoms with E-state index in [4.69, 9.17) is 5.73 Å². The van der Waals surface area contributed by atoms with Crippen LogP contribution in [0.1, 0.15) is 18.7 Å². The Morgan fingerprint density at radius 2 is 2.47 bits per heavy atom. The van der Waals surface area contributed by atoms with E-state index in [1.165, 1.54) is 12.8 Å². The van der Waals surface area contributed by atoms with E-state index in [1.54, 1.807) is 6.33 Å². The molecule has 0 aliphatic carbocycles. The molecule has 0 bridgehead atoms. The van der Waals surface area contributed by atoms with Crippen LogP contribution >= 0.6 is 0 Å². The Bertz CT molecular complexity index is 309. The van der Waals surface area contributed by atoms with Crippen molar-refractivity contribution in [2.75, 3.05) is 19.6 Å². The van der Waals surface area contributed by atoms with E-state index < -0.39 is 0 Å². The minimum atomic E-state index is 0.659. The molecule has 15 heavy (non-hydrogen) atoms. The zero-order valence-corrected chi connectivity index (χ0v) is 9.26. The number of nitrogens with zero attached hydrogens (tertiary/aromatic N) is 4. The fourth-order valence-electron chi connectivity index (χ4n) is 2.15. The fraction of sp³-hybridized carbons (Fsp3) is 0.800. The summed E-state index contributed by atoms with van der Waals surface area (Å²) >= 11 is 0. The zero-order chi connectivity index (χ0) is 10.7. The summed E-state index contributed by atoms with van der Waals surface area (Å²) in [5.41, 5.74) is 5.71. The Hall–Kier alpha value is -0.940. The van der Waals surface area contributed by atoms with Gasteiger partial charge >= 0.3 is 0 Å². The SMILES string of the molecule is Cn1ncnc1CN1CCCC(CN)C1. The first kappa shape index (κ1) is 10.6. The van der Waals surface area contributed by atoms with Gasteiger partial charge in [-0.25, -0.2) is 4.98 Å². The van der Waals surface area contributed by atoms with Crippen molar-refractivity contribution < 1.29 is 0 Å². The summed E-state index contributed by atoms with van der Waals surface area (Å²) < 4.78 is 1.84. The Morgan fingerprint density at radius 3 is 3.13 bits per heavy atom. The summed E-state index contributed by atoms with van der Waals surface area (Å²) in [4.78, 5) is 6.66. The highest BCUT2D eigenvalue weighted by molar-refractivity contribution is 4.85. The Morgan fingerprint density at radius 1 is 1.60 bits per heavy atom. The first-order chi connectivity index (χ1) is 7.29. The van der Waals surface area contributed by atoms with E-state index in [1.807, 2.05) is 11.7 Å². The monoisotopic (exact) mass is 209 g/mol. The zero-order valence-electron chi connectivity index (χ0n) is 9.26. The van der Waals surface area contributed by atoms with Crippen LogP contribution in [0.4, 0.5) is 0 Å². The van der Waals surface area contributed by atoms with Crippen molar-refractivity contribution in [1.29, 1.82) is 0 Å². The van der Waals surface area contributed by atoms with Gasteiger partial charge in [0.1, 0.15) is 12.2 Å². The number of nitrogens with two attached hydrogens (primary N) is 1. The molecular weight excluding hydrogens is 190 g/mol. The number of aryl methyl sites for hydroxylation is 1. The summed E-state index contributed by atoms with van der Waals surface area (Å²) in [6, 6.07) is 0. The van der Waals surface area contributed by atoms with Gasteiger partial charge < -0.3 is 5.73 Å². The van der Waals surface area contributed by atoms with Crippen LogP contribution in [0.5, 0.6) is 0 Å². The van der Waals surface area contributed by atoms with Gasteiger partial charge in [-0.2, -0.15) is 5.10 Å². The van der Waals surface area contributed by atoms with Gasteiger partial charge in [0.15, 0.2) is 0 Å². The third kappa shape index (κ3) is 2.54. The third-order valence-corrected chi connectivity index (χ3v) is 3.11. The summed E-state index contributed by atoms with van der Waals surface area (Å²) in [5, 5.41) is 4.08. The van der Waals surface area contributed by atoms with E-state index in [9.17, 15) is 0 Å². The van der Waals surface area contributed by atoms with Crippen molar-refractivity contribution >= 4 is 0 Å². The van der Waals surface area contributed by atoms with E-state index >= 15 is 0 Å². The molecule has 1 atom stereocenters. The lowest BCUT2D eigenvalue weighted by Gasteiger charge is -2.31. The summed E-state index contributed by atoms with van der Waals surface area (Å²) in [6.45, 7) is 3.95. The Balaban J connectivity index is 1.92. The summed E-state index contributed by atoms with van der Waals surface area (Å²) in [5.74, 6) is 1.69. The second kappa shape index (κ2) is 4.72. The predicted molar refractivity (Wildman–Crippen MR) is 58.1 cm³/mol. The first-order valence-electron chi connectivity index (χ1n) is 5.55. The number of hydrogen-bond donors (Lipinski definition) is 1. The van der Waals surface area contributed by atoms with E-state index in [0.29, 0.717) is 5.92 Å². The highest BCUT2D eigenvalue weighted by atomic mass is 15.3. The maximum atomic E-state index is 5.71. The average molecular weight is 209 g/mol. The highest BCUT2D eigenvalue weighted by Crippen LogP contribution is 2.16. The number of aromatic nitrogens is 3. The van der Waals surface area contributed by atoms with Crippen LogP contribution < -0.4 is 5.73 Å². The molecule has 0 aromatic carbocycles. The van der Waals surface area contributed by atoms with Crippen LogP contribution in [0.2, 0.25) is 0 Å². The van der Waals surface area contributed by atoms with E-state index in [2.05, 4.69) is 15.0 Å². The number of piperidine rings is 1. The van der Waals surface area contributed by atoms with Gasteiger partial charge in [-0.1, -0.05) is 0 Å². The molecule has 2 heterocycles. The normalized spacial score (nSPS) is 23.2. The average Bonchev–Trinajstić information content (AvgIpc) is 2.65. The smallest absolute Gasteiger partial charge is 0.140 e. The Kier molecular flexibility index (Phi) is 3.33. The molecule has 0 radical (unpaired) electrons. The highest BCUT2D eigenvalue weighted by Gasteiger charge is 2.19. The van der Waals surface area contributed by atoms with Crippen molar-refractivity contribution in [2.24, 2.45) is 18.7 Å². The number of likely N-dealkylation sites (tertiary alicyclic amines) is 1. The molecule has 1 aliphatic heterocycles. The lowest BCUT2D eigenvalue weighted by Crippen LogP contribution is -2.38. The molecular formula is C10H19N5. The topological polar surface area (TPSA) is 60.0 Å². The minimum absolute atomic E-state index is 0.659. The van der Waals surface area contributed by atoms with Gasteiger partial charge in [-0.15, -0.1) is 0 Å². The van der Waals surface area contributed by atoms with Crippen molar-refractivity contribution in [1.82, 2.24) is 19.7 Å². The molecule has 1 fully saturated rings. The van der Waals surface area contributed by atoms with Crippen LogP contribution in [0.3, 0.4) is 0 Å². The van der Waals surface area contributed by atoms with Crippen molar-refractivity contribution in [2.45, 2.75) is 19.4 Å². The first-order valence-corrected chi connectivity index (χ1v) is 5.55. The Labute approximate surface area is 90.3 Å². The van der Waals surface area contributed by atoms with Crippen LogP contribution in [0, 0.1) is 5.92 Å². The van der Waals surface area contributed by atoms with E-state index in [-0.39, 0.29) is 0 Å². The van der Waals surface area contributed by atoms with Gasteiger partial charge in [0.2, 0.25) is 0 Å². The second-order valence-corrected chi connectivity index (χ2v) is 4.28. The quantitative estimate of drug-likeness (QED) is 0.760. The predicted octanol–water partition coefficient (Wildman–Crippen LogP) is -0.0142. The van der Waals surface area contributed by atoms with Crippen molar-refractivity contribution in [3.05, 3.63) is 12.2 Å². The molecule has 1 aromatic heterocycles. The molecule has 84 valence electrons. The molecule has 0 amide bonds. The van der Waals surface area contributed by atoms with Crippen LogP contribution in [-0.2, 0) is 13.6 Å². The molecule has 0 saturated carbocycles. The summed E-state index contributed by atoms with van der Waals surface area (Å²) in [7, 11) is 1.94. The lowest BCUT2D eigenvalue weighted by atomic mass is 9.98. The molecule has 1 saturated heterocycles. The van der Waals surface area contributed by atoms with Gasteiger partial charge in [-0.3, -0.25) is 9.58 Å². The van der Waals surface area contributed by atoms with Gasteiger partial charge in [0, 0.05) is 13.6 Å². The van der Waals surface area contributed by atoms with Gasteiger partial charge in [0.25, 0.3) is 0 Å². The van der Waals surface area contributed by atoms with Crippen molar-refractivity contribution in [3.63, 3.8) is 0 Å². The molecule has 5 heteroatoms. The number of hydrogen-bond acceptors (Lipinski definition) is 4.